The highest BCUT2D eigenvalue weighted by Crippen LogP contribution is 2.23. The fourth-order valence-corrected chi connectivity index (χ4v) is 5.15. The van der Waals surface area contributed by atoms with Crippen molar-refractivity contribution in [1.82, 2.24) is 5.32 Å². The van der Waals surface area contributed by atoms with E-state index in [1.54, 1.807) is 73.8 Å². The van der Waals surface area contributed by atoms with Crippen LogP contribution in [0.15, 0.2) is 144 Å². The number of anilines is 1. The SMILES string of the molecule is COc1ccc(C(=O)CSc2ccc(NC(=O)/C(=C/c3ccc(-c4ccccc4)cc3)NC(=O)c3ccccc3)cc2)cc1. The normalized spacial score (nSPS) is 11.0. The summed E-state index contributed by atoms with van der Waals surface area (Å²) in [5, 5.41) is 5.65. The number of nitrogens with one attached hydrogen (secondary N) is 2. The van der Waals surface area contributed by atoms with E-state index in [-0.39, 0.29) is 23.1 Å². The van der Waals surface area contributed by atoms with Crippen molar-refractivity contribution in [2.75, 3.05) is 18.2 Å². The quantitative estimate of drug-likeness (QED) is 0.0923. The number of Topliss-reactive ketones (excluding diaryl/α,β-unsaturated/α-hetero) is 1. The summed E-state index contributed by atoms with van der Waals surface area (Å²) in [6.07, 6.45) is 1.65. The van der Waals surface area contributed by atoms with Gasteiger partial charge < -0.3 is 15.4 Å². The number of hydrogen-bond acceptors (Lipinski definition) is 5. The smallest absolute Gasteiger partial charge is 0.272 e. The van der Waals surface area contributed by atoms with E-state index in [1.807, 2.05) is 72.8 Å². The van der Waals surface area contributed by atoms with Gasteiger partial charge >= 0.3 is 0 Å². The van der Waals surface area contributed by atoms with Crippen LogP contribution in [0.2, 0.25) is 0 Å². The van der Waals surface area contributed by atoms with Crippen LogP contribution >= 0.6 is 11.8 Å². The molecule has 0 unspecified atom stereocenters. The van der Waals surface area contributed by atoms with E-state index >= 15 is 0 Å². The Morgan fingerprint density at radius 3 is 1.93 bits per heavy atom. The minimum absolute atomic E-state index is 0.00997. The first-order valence-electron chi connectivity index (χ1n) is 13.9. The Kier molecular flexibility index (Phi) is 10.0. The first-order chi connectivity index (χ1) is 21.5. The molecular formula is C37H30N2O4S. The van der Waals surface area contributed by atoms with Gasteiger partial charge in [0.1, 0.15) is 11.4 Å². The van der Waals surface area contributed by atoms with Crippen molar-refractivity contribution >= 4 is 41.1 Å². The molecule has 0 aliphatic heterocycles. The fraction of sp³-hybridized carbons (Fsp3) is 0.0541. The lowest BCUT2D eigenvalue weighted by molar-refractivity contribution is -0.113. The van der Waals surface area contributed by atoms with Crippen LogP contribution in [-0.4, -0.2) is 30.5 Å². The second kappa shape index (κ2) is 14.7. The van der Waals surface area contributed by atoms with Crippen molar-refractivity contribution in [3.05, 3.63) is 156 Å². The summed E-state index contributed by atoms with van der Waals surface area (Å²) in [4.78, 5) is 39.9. The Balaban J connectivity index is 1.27. The van der Waals surface area contributed by atoms with Crippen LogP contribution in [0.4, 0.5) is 5.69 Å². The van der Waals surface area contributed by atoms with E-state index < -0.39 is 5.91 Å². The zero-order chi connectivity index (χ0) is 30.7. The van der Waals surface area contributed by atoms with Crippen molar-refractivity contribution in [3.63, 3.8) is 0 Å². The number of ether oxygens (including phenoxy) is 1. The van der Waals surface area contributed by atoms with Crippen molar-refractivity contribution in [3.8, 4) is 16.9 Å². The number of rotatable bonds is 11. The molecule has 0 saturated carbocycles. The lowest BCUT2D eigenvalue weighted by Gasteiger charge is -2.12. The van der Waals surface area contributed by atoms with Crippen LogP contribution in [0.3, 0.4) is 0 Å². The number of carbonyl (C=O) groups is 3. The molecule has 0 aliphatic rings. The van der Waals surface area contributed by atoms with Gasteiger partial charge in [0.2, 0.25) is 0 Å². The number of thioether (sulfide) groups is 1. The molecule has 5 aromatic carbocycles. The van der Waals surface area contributed by atoms with Gasteiger partial charge in [-0.25, -0.2) is 0 Å². The highest BCUT2D eigenvalue weighted by molar-refractivity contribution is 8.00. The number of benzene rings is 5. The molecule has 0 fully saturated rings. The minimum atomic E-state index is -0.462. The molecule has 2 N–H and O–H groups in total. The van der Waals surface area contributed by atoms with Crippen LogP contribution in [0.25, 0.3) is 17.2 Å². The van der Waals surface area contributed by atoms with Crippen LogP contribution in [0.5, 0.6) is 5.75 Å². The van der Waals surface area contributed by atoms with Gasteiger partial charge in [0.25, 0.3) is 11.8 Å². The molecule has 5 rings (SSSR count). The summed E-state index contributed by atoms with van der Waals surface area (Å²) in [5.41, 5.74) is 4.62. The average molecular weight is 599 g/mol. The summed E-state index contributed by atoms with van der Waals surface area (Å²) in [6, 6.07) is 40.8. The van der Waals surface area contributed by atoms with Gasteiger partial charge in [0.05, 0.1) is 12.9 Å². The molecule has 5 aromatic rings. The van der Waals surface area contributed by atoms with Gasteiger partial charge in [0.15, 0.2) is 5.78 Å². The van der Waals surface area contributed by atoms with Gasteiger partial charge in [0, 0.05) is 21.7 Å². The van der Waals surface area contributed by atoms with Gasteiger partial charge in [-0.05, 0) is 83.4 Å². The molecule has 0 spiro atoms. The van der Waals surface area contributed by atoms with Gasteiger partial charge in [-0.3, -0.25) is 14.4 Å². The predicted molar refractivity (Wildman–Crippen MR) is 177 cm³/mol. The largest absolute Gasteiger partial charge is 0.497 e. The molecule has 218 valence electrons. The second-order valence-corrected chi connectivity index (χ2v) is 10.8. The van der Waals surface area contributed by atoms with Gasteiger partial charge in [-0.1, -0.05) is 72.8 Å². The van der Waals surface area contributed by atoms with Crippen molar-refractivity contribution in [2.45, 2.75) is 4.90 Å². The zero-order valence-corrected chi connectivity index (χ0v) is 24.8. The molecule has 0 aromatic heterocycles. The molecule has 6 nitrogen and oxygen atoms in total. The fourth-order valence-electron chi connectivity index (χ4n) is 4.35. The first kappa shape index (κ1) is 30.1. The van der Waals surface area contributed by atoms with Crippen molar-refractivity contribution < 1.29 is 19.1 Å². The maximum Gasteiger partial charge on any atom is 0.272 e. The molecule has 0 radical (unpaired) electrons. The van der Waals surface area contributed by atoms with Crippen molar-refractivity contribution in [1.29, 1.82) is 0 Å². The third-order valence-electron chi connectivity index (χ3n) is 6.75. The highest BCUT2D eigenvalue weighted by Gasteiger charge is 2.15. The molecule has 0 heterocycles. The van der Waals surface area contributed by atoms with Gasteiger partial charge in [-0.15, -0.1) is 11.8 Å². The van der Waals surface area contributed by atoms with E-state index in [4.69, 9.17) is 4.74 Å². The molecule has 44 heavy (non-hydrogen) atoms. The Hall–Kier alpha value is -5.40. The standard InChI is InChI=1S/C37H30N2O4S/c1-43-32-20-16-29(17-21-32)35(40)25-44-33-22-18-31(19-23-33)38-37(42)34(39-36(41)30-10-6-3-7-11-30)24-26-12-14-28(15-13-26)27-8-4-2-5-9-27/h2-24H,25H2,1H3,(H,38,42)(H,39,41)/b34-24-. The minimum Gasteiger partial charge on any atom is -0.497 e. The highest BCUT2D eigenvalue weighted by atomic mass is 32.2. The van der Waals surface area contributed by atoms with Crippen molar-refractivity contribution in [2.24, 2.45) is 0 Å². The Morgan fingerprint density at radius 2 is 1.30 bits per heavy atom. The lowest BCUT2D eigenvalue weighted by atomic mass is 10.0. The van der Waals surface area contributed by atoms with E-state index in [1.165, 1.54) is 11.8 Å². The Morgan fingerprint density at radius 1 is 0.682 bits per heavy atom. The maximum absolute atomic E-state index is 13.4. The number of methoxy groups -OCH3 is 1. The van der Waals surface area contributed by atoms with Crippen LogP contribution in [-0.2, 0) is 4.79 Å². The number of ketones is 1. The number of amides is 2. The number of hydrogen-bond donors (Lipinski definition) is 2. The predicted octanol–water partition coefficient (Wildman–Crippen LogP) is 7.75. The van der Waals surface area contributed by atoms with Crippen LogP contribution in [0, 0.1) is 0 Å². The van der Waals surface area contributed by atoms with Crippen LogP contribution < -0.4 is 15.4 Å². The summed E-state index contributed by atoms with van der Waals surface area (Å²) in [5.74, 6) is 0.137. The Bertz CT molecular complexity index is 1750. The molecule has 0 atom stereocenters. The summed E-state index contributed by atoms with van der Waals surface area (Å²) < 4.78 is 5.15. The zero-order valence-electron chi connectivity index (χ0n) is 24.0. The third-order valence-corrected chi connectivity index (χ3v) is 7.76. The summed E-state index contributed by atoms with van der Waals surface area (Å²) in [7, 11) is 1.58. The van der Waals surface area contributed by atoms with E-state index in [9.17, 15) is 14.4 Å². The van der Waals surface area contributed by atoms with E-state index in [0.29, 0.717) is 22.6 Å². The average Bonchev–Trinajstić information content (AvgIpc) is 3.08. The molecule has 2 amide bonds. The summed E-state index contributed by atoms with van der Waals surface area (Å²) >= 11 is 1.41. The van der Waals surface area contributed by atoms with Crippen LogP contribution in [0.1, 0.15) is 26.3 Å². The molecular weight excluding hydrogens is 568 g/mol. The maximum atomic E-state index is 13.4. The Labute approximate surface area is 260 Å². The number of carbonyl (C=O) groups excluding carboxylic acids is 3. The summed E-state index contributed by atoms with van der Waals surface area (Å²) in [6.45, 7) is 0. The molecule has 0 bridgehead atoms. The third kappa shape index (κ3) is 8.12. The molecule has 0 saturated heterocycles. The monoisotopic (exact) mass is 598 g/mol. The first-order valence-corrected chi connectivity index (χ1v) is 14.9. The van der Waals surface area contributed by atoms with E-state index in [0.717, 1.165) is 21.6 Å². The lowest BCUT2D eigenvalue weighted by Crippen LogP contribution is -2.30. The van der Waals surface area contributed by atoms with E-state index in [2.05, 4.69) is 10.6 Å². The molecule has 0 aliphatic carbocycles. The van der Waals surface area contributed by atoms with Gasteiger partial charge in [-0.2, -0.15) is 0 Å². The second-order valence-electron chi connectivity index (χ2n) is 9.79. The topological polar surface area (TPSA) is 84.5 Å². The molecule has 7 heteroatoms.